The van der Waals surface area contributed by atoms with Gasteiger partial charge in [-0.15, -0.1) is 0 Å². The fraction of sp³-hybridized carbons (Fsp3) is 0.947. The van der Waals surface area contributed by atoms with Crippen molar-refractivity contribution < 1.29 is 24.3 Å². The first-order valence-corrected chi connectivity index (χ1v) is 14.8. The van der Waals surface area contributed by atoms with Crippen LogP contribution in [0.3, 0.4) is 0 Å². The highest BCUT2D eigenvalue weighted by molar-refractivity contribution is 7.75. The summed E-state index contributed by atoms with van der Waals surface area (Å²) < 4.78 is 10.0. The molecule has 0 aromatic heterocycles. The molecule has 0 rings (SSSR count). The SMILES string of the molecule is CCCC[P+](CCCC)(CCCC)CCCC.O=C([O-])CNCP(=O)(O)O. The van der Waals surface area contributed by atoms with Crippen molar-refractivity contribution in [3.8, 4) is 0 Å². The van der Waals surface area contributed by atoms with Crippen molar-refractivity contribution in [3.05, 3.63) is 0 Å². The molecule has 0 bridgehead atoms. The molecule has 0 spiro atoms. The fourth-order valence-electron chi connectivity index (χ4n) is 2.95. The molecule has 0 saturated heterocycles. The van der Waals surface area contributed by atoms with Crippen LogP contribution in [0, 0.1) is 0 Å². The molecule has 0 fully saturated rings. The van der Waals surface area contributed by atoms with Crippen LogP contribution in [-0.2, 0) is 9.36 Å². The summed E-state index contributed by atoms with van der Waals surface area (Å²) in [4.78, 5) is 26.0. The third-order valence-corrected chi connectivity index (χ3v) is 10.2. The molecule has 0 radical (unpaired) electrons. The fourth-order valence-corrected chi connectivity index (χ4v) is 8.64. The highest BCUT2D eigenvalue weighted by Gasteiger charge is 2.34. The number of aliphatic carboxylic acids is 1. The Bertz CT molecular complexity index is 364. The summed E-state index contributed by atoms with van der Waals surface area (Å²) in [5.74, 6) is -1.39. The van der Waals surface area contributed by atoms with E-state index >= 15 is 0 Å². The first-order chi connectivity index (χ1) is 12.7. The maximum Gasteiger partial charge on any atom is 0.339 e. The van der Waals surface area contributed by atoms with Crippen LogP contribution in [0.4, 0.5) is 0 Å². The van der Waals surface area contributed by atoms with E-state index in [2.05, 4.69) is 27.7 Å². The van der Waals surface area contributed by atoms with Crippen molar-refractivity contribution in [1.82, 2.24) is 5.32 Å². The van der Waals surface area contributed by atoms with E-state index in [1.807, 2.05) is 5.32 Å². The third-order valence-electron chi connectivity index (χ3n) is 4.53. The van der Waals surface area contributed by atoms with E-state index in [9.17, 15) is 14.5 Å². The van der Waals surface area contributed by atoms with Crippen LogP contribution >= 0.6 is 14.9 Å². The maximum atomic E-state index is 10.0. The number of rotatable bonds is 16. The second-order valence-electron chi connectivity index (χ2n) is 7.27. The van der Waals surface area contributed by atoms with Crippen LogP contribution in [0.25, 0.3) is 0 Å². The van der Waals surface area contributed by atoms with Gasteiger partial charge in [0.05, 0.1) is 36.9 Å². The van der Waals surface area contributed by atoms with Gasteiger partial charge in [-0.25, -0.2) is 0 Å². The van der Waals surface area contributed by atoms with E-state index in [-0.39, 0.29) is 0 Å². The first-order valence-electron chi connectivity index (χ1n) is 10.5. The lowest BCUT2D eigenvalue weighted by molar-refractivity contribution is -0.303. The number of hydrogen-bond acceptors (Lipinski definition) is 4. The van der Waals surface area contributed by atoms with E-state index < -0.39 is 33.7 Å². The summed E-state index contributed by atoms with van der Waals surface area (Å²) in [5, 5.41) is 11.7. The molecule has 27 heavy (non-hydrogen) atoms. The number of carboxylic acids is 1. The number of carboxylic acid groups (broad SMARTS) is 1. The van der Waals surface area contributed by atoms with Crippen molar-refractivity contribution in [2.45, 2.75) is 79.1 Å². The van der Waals surface area contributed by atoms with Gasteiger partial charge in [-0.05, 0) is 25.7 Å². The van der Waals surface area contributed by atoms with Crippen LogP contribution in [-0.4, -0.2) is 53.2 Å². The van der Waals surface area contributed by atoms with E-state index in [0.717, 1.165) is 0 Å². The Kier molecular flexibility index (Phi) is 19.5. The van der Waals surface area contributed by atoms with Gasteiger partial charge in [-0.1, -0.05) is 53.4 Å². The molecule has 0 saturated carbocycles. The monoisotopic (exact) mass is 427 g/mol. The lowest BCUT2D eigenvalue weighted by Gasteiger charge is -2.28. The van der Waals surface area contributed by atoms with Gasteiger partial charge in [-0.3, -0.25) is 4.57 Å². The lowest BCUT2D eigenvalue weighted by Crippen LogP contribution is -2.34. The van der Waals surface area contributed by atoms with Crippen molar-refractivity contribution in [2.24, 2.45) is 0 Å². The summed E-state index contributed by atoms with van der Waals surface area (Å²) in [6.45, 7) is 8.87. The van der Waals surface area contributed by atoms with Gasteiger partial charge >= 0.3 is 7.60 Å². The summed E-state index contributed by atoms with van der Waals surface area (Å²) in [7, 11) is -4.69. The predicted octanol–water partition coefficient (Wildman–Crippen LogP) is 3.67. The van der Waals surface area contributed by atoms with Crippen LogP contribution in [0.1, 0.15) is 79.1 Å². The molecule has 164 valence electrons. The molecule has 0 aromatic carbocycles. The Morgan fingerprint density at radius 3 is 1.41 bits per heavy atom. The van der Waals surface area contributed by atoms with Gasteiger partial charge in [0.1, 0.15) is 0 Å². The standard InChI is InChI=1S/C16H36P.C3H8NO5P/c1-5-9-13-17(14-10-6-2,15-11-7-3)16-12-8-4;5-3(6)1-4-2-10(7,8)9/h5-16H2,1-4H3;4H,1-2H2,(H,5,6)(H2,7,8,9)/q+1;/p-1. The molecule has 0 aliphatic rings. The maximum absolute atomic E-state index is 10.0. The molecule has 0 aliphatic heterocycles. The minimum atomic E-state index is -4.12. The molecule has 0 unspecified atom stereocenters. The molecule has 6 nitrogen and oxygen atoms in total. The number of hydrogen-bond donors (Lipinski definition) is 3. The smallest absolute Gasteiger partial charge is 0.339 e. The molecular weight excluding hydrogens is 384 g/mol. The van der Waals surface area contributed by atoms with Crippen LogP contribution in [0.2, 0.25) is 0 Å². The van der Waals surface area contributed by atoms with E-state index in [1.54, 1.807) is 24.6 Å². The average molecular weight is 428 g/mol. The van der Waals surface area contributed by atoms with Crippen LogP contribution in [0.15, 0.2) is 0 Å². The average Bonchev–Trinajstić information content (AvgIpc) is 2.59. The predicted molar refractivity (Wildman–Crippen MR) is 116 cm³/mol. The zero-order chi connectivity index (χ0) is 21.2. The van der Waals surface area contributed by atoms with Gasteiger partial charge in [-0.2, -0.15) is 0 Å². The van der Waals surface area contributed by atoms with E-state index in [1.165, 1.54) is 51.4 Å². The number of unbranched alkanes of at least 4 members (excludes halogenated alkanes) is 4. The molecular formula is C19H43NO5P2. The van der Waals surface area contributed by atoms with Crippen molar-refractivity contribution in [1.29, 1.82) is 0 Å². The number of carbonyl (C=O) groups excluding carboxylic acids is 1. The van der Waals surface area contributed by atoms with Gasteiger partial charge < -0.3 is 25.0 Å². The summed E-state index contributed by atoms with van der Waals surface area (Å²) in [6.07, 6.45) is 17.3. The molecule has 3 N–H and O–H groups in total. The molecule has 0 amide bonds. The zero-order valence-electron chi connectivity index (χ0n) is 17.9. The topological polar surface area (TPSA) is 110 Å². The summed E-state index contributed by atoms with van der Waals surface area (Å²) in [6, 6.07) is 0. The van der Waals surface area contributed by atoms with Crippen molar-refractivity contribution >= 4 is 20.8 Å². The van der Waals surface area contributed by atoms with Crippen LogP contribution in [0.5, 0.6) is 0 Å². The molecule has 0 aliphatic carbocycles. The summed E-state index contributed by atoms with van der Waals surface area (Å²) in [5.41, 5.74) is 0. The molecule has 0 heterocycles. The highest BCUT2D eigenvalue weighted by atomic mass is 31.2. The van der Waals surface area contributed by atoms with Crippen molar-refractivity contribution in [2.75, 3.05) is 37.5 Å². The van der Waals surface area contributed by atoms with Gasteiger partial charge in [0, 0.05) is 13.8 Å². The highest BCUT2D eigenvalue weighted by Crippen LogP contribution is 2.61. The Morgan fingerprint density at radius 2 is 1.19 bits per heavy atom. The van der Waals surface area contributed by atoms with Crippen LogP contribution < -0.4 is 10.4 Å². The number of carbonyl (C=O) groups is 1. The third kappa shape index (κ3) is 20.6. The normalized spacial score (nSPS) is 11.8. The quantitative estimate of drug-likeness (QED) is 0.324. The summed E-state index contributed by atoms with van der Waals surface area (Å²) >= 11 is 0. The Balaban J connectivity index is 0. The largest absolute Gasteiger partial charge is 0.549 e. The van der Waals surface area contributed by atoms with Gasteiger partial charge in [0.2, 0.25) is 0 Å². The minimum Gasteiger partial charge on any atom is -0.549 e. The van der Waals surface area contributed by atoms with Gasteiger partial charge in [0.25, 0.3) is 0 Å². The number of nitrogens with one attached hydrogen (secondary N) is 1. The second kappa shape index (κ2) is 18.1. The molecule has 0 atom stereocenters. The van der Waals surface area contributed by atoms with E-state index in [4.69, 9.17) is 9.79 Å². The lowest BCUT2D eigenvalue weighted by atomic mass is 10.4. The molecule has 0 aromatic rings. The van der Waals surface area contributed by atoms with Crippen molar-refractivity contribution in [3.63, 3.8) is 0 Å². The Morgan fingerprint density at radius 1 is 0.852 bits per heavy atom. The first kappa shape index (κ1) is 29.2. The molecule has 8 heteroatoms. The second-order valence-corrected chi connectivity index (χ2v) is 13.4. The Hall–Kier alpha value is 0.01000. The van der Waals surface area contributed by atoms with E-state index in [0.29, 0.717) is 0 Å². The minimum absolute atomic E-state index is 0.550. The van der Waals surface area contributed by atoms with Gasteiger partial charge in [0.15, 0.2) is 0 Å². The Labute approximate surface area is 167 Å². The zero-order valence-corrected chi connectivity index (χ0v) is 19.7.